The van der Waals surface area contributed by atoms with Gasteiger partial charge < -0.3 is 0 Å². The molecule has 0 atom stereocenters. The molecule has 2 nitrogen and oxygen atoms in total. The summed E-state index contributed by atoms with van der Waals surface area (Å²) in [5.41, 5.74) is 3.99. The molecular weight excluding hydrogens is 275 g/mol. The van der Waals surface area contributed by atoms with Gasteiger partial charge in [0.1, 0.15) is 0 Å². The van der Waals surface area contributed by atoms with E-state index in [4.69, 9.17) is 0 Å². The van der Waals surface area contributed by atoms with Gasteiger partial charge in [-0.2, -0.15) is 5.10 Å². The number of rotatable bonds is 3. The Hall–Kier alpha value is -0.580. The molecule has 1 rings (SSSR count). The zero-order valence-electron chi connectivity index (χ0n) is 7.79. The van der Waals surface area contributed by atoms with Crippen LogP contribution < -0.4 is 5.43 Å². The fourth-order valence-electron chi connectivity index (χ4n) is 0.785. The highest BCUT2D eigenvalue weighted by Gasteiger charge is 1.89. The third-order valence-corrected chi connectivity index (χ3v) is 2.13. The maximum absolute atomic E-state index is 4.09. The third-order valence-electron chi connectivity index (χ3n) is 1.41. The Labute approximate surface area is 92.6 Å². The second kappa shape index (κ2) is 5.21. The van der Waals surface area contributed by atoms with E-state index in [0.717, 1.165) is 5.69 Å². The molecule has 1 N–H and O–H groups in total. The molecule has 13 heavy (non-hydrogen) atoms. The quantitative estimate of drug-likeness (QED) is 0.515. The lowest BCUT2D eigenvalue weighted by molar-refractivity contribution is 0.904. The summed E-state index contributed by atoms with van der Waals surface area (Å²) in [6, 6.07) is 8.13. The number of nitrogens with zero attached hydrogens (tertiary/aromatic N) is 1. The molecule has 0 aromatic heterocycles. The van der Waals surface area contributed by atoms with Gasteiger partial charge in [0.2, 0.25) is 0 Å². The summed E-state index contributed by atoms with van der Waals surface area (Å²) < 4.78 is 1.23. The zero-order valence-corrected chi connectivity index (χ0v) is 9.95. The molecule has 0 bridgehead atoms. The lowest BCUT2D eigenvalue weighted by Crippen LogP contribution is -1.93. The van der Waals surface area contributed by atoms with Gasteiger partial charge in [-0.15, -0.1) is 0 Å². The van der Waals surface area contributed by atoms with Crippen molar-refractivity contribution in [2.75, 3.05) is 5.43 Å². The molecule has 0 heterocycles. The van der Waals surface area contributed by atoms with Gasteiger partial charge in [-0.25, -0.2) is 0 Å². The Morgan fingerprint density at radius 3 is 2.46 bits per heavy atom. The van der Waals surface area contributed by atoms with Gasteiger partial charge in [0, 0.05) is 9.78 Å². The van der Waals surface area contributed by atoms with E-state index in [1.54, 1.807) is 0 Å². The van der Waals surface area contributed by atoms with E-state index in [2.05, 4.69) is 47.0 Å². The first-order valence-electron chi connectivity index (χ1n) is 4.23. The molecule has 0 aliphatic heterocycles. The highest BCUT2D eigenvalue weighted by atomic mass is 127. The van der Waals surface area contributed by atoms with Crippen molar-refractivity contribution < 1.29 is 0 Å². The van der Waals surface area contributed by atoms with E-state index in [9.17, 15) is 0 Å². The molecule has 3 heteroatoms. The molecule has 0 aliphatic carbocycles. The number of hydrazone groups is 1. The van der Waals surface area contributed by atoms with Crippen LogP contribution in [0.5, 0.6) is 0 Å². The Bertz CT molecular complexity index is 277. The van der Waals surface area contributed by atoms with Crippen molar-refractivity contribution >= 4 is 34.5 Å². The van der Waals surface area contributed by atoms with Crippen LogP contribution in [-0.2, 0) is 0 Å². The van der Waals surface area contributed by atoms with E-state index in [0.29, 0.717) is 5.92 Å². The Morgan fingerprint density at radius 2 is 1.92 bits per heavy atom. The lowest BCUT2D eigenvalue weighted by atomic mass is 10.3. The minimum absolute atomic E-state index is 0.483. The molecule has 0 amide bonds. The summed E-state index contributed by atoms with van der Waals surface area (Å²) in [5, 5.41) is 4.09. The number of hydrogen-bond acceptors (Lipinski definition) is 2. The van der Waals surface area contributed by atoms with Crippen LogP contribution in [0.15, 0.2) is 29.4 Å². The number of anilines is 1. The predicted octanol–water partition coefficient (Wildman–Crippen LogP) is 3.34. The molecule has 0 saturated heterocycles. The van der Waals surface area contributed by atoms with Crippen molar-refractivity contribution in [3.8, 4) is 0 Å². The molecule has 1 aromatic rings. The summed E-state index contributed by atoms with van der Waals surface area (Å²) in [4.78, 5) is 0. The van der Waals surface area contributed by atoms with Crippen LogP contribution in [0.1, 0.15) is 13.8 Å². The summed E-state index contributed by atoms with van der Waals surface area (Å²) in [7, 11) is 0. The molecule has 0 saturated carbocycles. The Kier molecular flexibility index (Phi) is 4.21. The molecule has 0 radical (unpaired) electrons. The topological polar surface area (TPSA) is 24.4 Å². The van der Waals surface area contributed by atoms with Crippen molar-refractivity contribution in [1.29, 1.82) is 0 Å². The van der Waals surface area contributed by atoms with Crippen LogP contribution in [0.2, 0.25) is 0 Å². The van der Waals surface area contributed by atoms with E-state index in [-0.39, 0.29) is 0 Å². The Morgan fingerprint density at radius 1 is 1.31 bits per heavy atom. The van der Waals surface area contributed by atoms with Gasteiger partial charge >= 0.3 is 0 Å². The molecule has 1 aromatic carbocycles. The van der Waals surface area contributed by atoms with Gasteiger partial charge in [-0.3, -0.25) is 5.43 Å². The molecule has 70 valence electrons. The van der Waals surface area contributed by atoms with Gasteiger partial charge in [-0.05, 0) is 52.8 Å². The smallest absolute Gasteiger partial charge is 0.0562 e. The highest BCUT2D eigenvalue weighted by molar-refractivity contribution is 14.1. The average Bonchev–Trinajstić information content (AvgIpc) is 2.08. The first-order chi connectivity index (χ1) is 6.18. The first-order valence-corrected chi connectivity index (χ1v) is 5.31. The fraction of sp³-hybridized carbons (Fsp3) is 0.300. The van der Waals surface area contributed by atoms with Gasteiger partial charge in [0.25, 0.3) is 0 Å². The van der Waals surface area contributed by atoms with Crippen LogP contribution in [0.4, 0.5) is 5.69 Å². The molecular formula is C10H13IN2. The van der Waals surface area contributed by atoms with E-state index in [1.165, 1.54) is 3.57 Å². The number of halogens is 1. The van der Waals surface area contributed by atoms with Gasteiger partial charge in [0.05, 0.1) is 5.69 Å². The number of benzene rings is 1. The second-order valence-corrected chi connectivity index (χ2v) is 4.39. The SMILES string of the molecule is CC(C)C=NNc1ccc(I)cc1. The number of hydrogen-bond donors (Lipinski definition) is 1. The van der Waals surface area contributed by atoms with Crippen LogP contribution in [0, 0.1) is 9.49 Å². The standard InChI is InChI=1S/C10H13IN2/c1-8(2)7-12-13-10-5-3-9(11)4-6-10/h3-8,13H,1-2H3. The first kappa shape index (κ1) is 10.5. The average molecular weight is 288 g/mol. The van der Waals surface area contributed by atoms with Crippen molar-refractivity contribution in [3.63, 3.8) is 0 Å². The summed E-state index contributed by atoms with van der Waals surface area (Å²) >= 11 is 2.28. The van der Waals surface area contributed by atoms with Crippen molar-refractivity contribution in [1.82, 2.24) is 0 Å². The van der Waals surface area contributed by atoms with Crippen LogP contribution in [0.25, 0.3) is 0 Å². The van der Waals surface area contributed by atoms with Gasteiger partial charge in [-0.1, -0.05) is 13.8 Å². The molecule has 0 spiro atoms. The summed E-state index contributed by atoms with van der Waals surface area (Å²) in [5.74, 6) is 0.483. The van der Waals surface area contributed by atoms with E-state index >= 15 is 0 Å². The van der Waals surface area contributed by atoms with E-state index in [1.807, 2.05) is 30.5 Å². The summed E-state index contributed by atoms with van der Waals surface area (Å²) in [6.07, 6.45) is 1.89. The van der Waals surface area contributed by atoms with E-state index < -0.39 is 0 Å². The van der Waals surface area contributed by atoms with Crippen molar-refractivity contribution in [3.05, 3.63) is 27.8 Å². The van der Waals surface area contributed by atoms with Gasteiger partial charge in [0.15, 0.2) is 0 Å². The van der Waals surface area contributed by atoms with Crippen LogP contribution in [-0.4, -0.2) is 6.21 Å². The number of nitrogens with one attached hydrogen (secondary N) is 1. The monoisotopic (exact) mass is 288 g/mol. The van der Waals surface area contributed by atoms with Crippen LogP contribution in [0.3, 0.4) is 0 Å². The lowest BCUT2D eigenvalue weighted by Gasteiger charge is -2.00. The largest absolute Gasteiger partial charge is 0.279 e. The maximum atomic E-state index is 4.09. The second-order valence-electron chi connectivity index (χ2n) is 3.14. The normalized spacial score (nSPS) is 11.1. The third kappa shape index (κ3) is 4.26. The van der Waals surface area contributed by atoms with Crippen molar-refractivity contribution in [2.45, 2.75) is 13.8 Å². The minimum atomic E-state index is 0.483. The minimum Gasteiger partial charge on any atom is -0.279 e. The summed E-state index contributed by atoms with van der Waals surface area (Å²) in [6.45, 7) is 4.19. The molecule has 0 aliphatic rings. The van der Waals surface area contributed by atoms with Crippen molar-refractivity contribution in [2.24, 2.45) is 11.0 Å². The fourth-order valence-corrected chi connectivity index (χ4v) is 1.14. The molecule has 0 unspecified atom stereocenters. The molecule has 0 fully saturated rings. The predicted molar refractivity (Wildman–Crippen MR) is 66.1 cm³/mol. The highest BCUT2D eigenvalue weighted by Crippen LogP contribution is 2.10. The van der Waals surface area contributed by atoms with Crippen LogP contribution >= 0.6 is 22.6 Å². The Balaban J connectivity index is 2.50. The maximum Gasteiger partial charge on any atom is 0.0562 e. The zero-order chi connectivity index (χ0) is 9.68.